The summed E-state index contributed by atoms with van der Waals surface area (Å²) >= 11 is 0. The molecule has 1 fully saturated rings. The molecular weight excluding hydrogens is 158 g/mol. The Bertz CT molecular complexity index is 318. The molecule has 0 spiro atoms. The standard InChI is InChI=1S/C12H15N/c1-10-5-2-3-6-11(10)9-12-7-4-8-13-12/h2-3,5-6,9,13H,4,7-8H2,1H3. The van der Waals surface area contributed by atoms with Gasteiger partial charge in [0.05, 0.1) is 0 Å². The lowest BCUT2D eigenvalue weighted by atomic mass is 10.1. The van der Waals surface area contributed by atoms with Crippen LogP contribution in [0.3, 0.4) is 0 Å². The van der Waals surface area contributed by atoms with Crippen LogP contribution in [0.1, 0.15) is 24.0 Å². The molecule has 0 atom stereocenters. The molecule has 1 aromatic rings. The molecule has 0 bridgehead atoms. The van der Waals surface area contributed by atoms with Crippen LogP contribution in [0.15, 0.2) is 30.0 Å². The van der Waals surface area contributed by atoms with Gasteiger partial charge in [-0.15, -0.1) is 0 Å². The molecule has 1 aliphatic heterocycles. The van der Waals surface area contributed by atoms with Gasteiger partial charge in [-0.25, -0.2) is 0 Å². The summed E-state index contributed by atoms with van der Waals surface area (Å²) < 4.78 is 0. The molecule has 2 rings (SSSR count). The van der Waals surface area contributed by atoms with Crippen molar-refractivity contribution in [2.24, 2.45) is 0 Å². The molecule has 13 heavy (non-hydrogen) atoms. The quantitative estimate of drug-likeness (QED) is 0.688. The highest BCUT2D eigenvalue weighted by atomic mass is 14.9. The topological polar surface area (TPSA) is 12.0 Å². The van der Waals surface area contributed by atoms with E-state index < -0.39 is 0 Å². The summed E-state index contributed by atoms with van der Waals surface area (Å²) in [5.74, 6) is 0. The summed E-state index contributed by atoms with van der Waals surface area (Å²) in [7, 11) is 0. The van der Waals surface area contributed by atoms with Gasteiger partial charge in [0.15, 0.2) is 0 Å². The van der Waals surface area contributed by atoms with Gasteiger partial charge < -0.3 is 5.32 Å². The van der Waals surface area contributed by atoms with Crippen molar-refractivity contribution in [1.82, 2.24) is 5.32 Å². The number of nitrogens with one attached hydrogen (secondary N) is 1. The highest BCUT2D eigenvalue weighted by Gasteiger charge is 2.04. The molecule has 1 heterocycles. The molecule has 1 nitrogen and oxygen atoms in total. The van der Waals surface area contributed by atoms with Gasteiger partial charge in [0.2, 0.25) is 0 Å². The highest BCUT2D eigenvalue weighted by molar-refractivity contribution is 5.56. The predicted molar refractivity (Wildman–Crippen MR) is 56.4 cm³/mol. The van der Waals surface area contributed by atoms with E-state index in [0.717, 1.165) is 6.54 Å². The molecular formula is C12H15N. The number of hydrogen-bond acceptors (Lipinski definition) is 1. The second kappa shape index (κ2) is 3.65. The second-order valence-corrected chi connectivity index (χ2v) is 3.56. The maximum atomic E-state index is 3.39. The summed E-state index contributed by atoms with van der Waals surface area (Å²) in [6.45, 7) is 3.29. The van der Waals surface area contributed by atoms with Gasteiger partial charge in [0.1, 0.15) is 0 Å². The molecule has 0 saturated carbocycles. The van der Waals surface area contributed by atoms with E-state index >= 15 is 0 Å². The first-order chi connectivity index (χ1) is 6.36. The summed E-state index contributed by atoms with van der Waals surface area (Å²) in [6, 6.07) is 8.50. The van der Waals surface area contributed by atoms with Crippen LogP contribution in [0.2, 0.25) is 0 Å². The molecule has 68 valence electrons. The van der Waals surface area contributed by atoms with Crippen LogP contribution < -0.4 is 5.32 Å². The lowest BCUT2D eigenvalue weighted by molar-refractivity contribution is 0.904. The Balaban J connectivity index is 2.25. The number of hydrogen-bond donors (Lipinski definition) is 1. The zero-order chi connectivity index (χ0) is 9.10. The van der Waals surface area contributed by atoms with Crippen LogP contribution in [0, 0.1) is 6.92 Å². The molecule has 0 aliphatic carbocycles. The second-order valence-electron chi connectivity index (χ2n) is 3.56. The first-order valence-corrected chi connectivity index (χ1v) is 4.86. The number of rotatable bonds is 1. The van der Waals surface area contributed by atoms with E-state index in [0.29, 0.717) is 0 Å². The van der Waals surface area contributed by atoms with Crippen LogP contribution in [0.25, 0.3) is 6.08 Å². The van der Waals surface area contributed by atoms with Crippen molar-refractivity contribution < 1.29 is 0 Å². The van der Waals surface area contributed by atoms with Crippen molar-refractivity contribution in [2.45, 2.75) is 19.8 Å². The Hall–Kier alpha value is -1.24. The van der Waals surface area contributed by atoms with Gasteiger partial charge in [-0.05, 0) is 37.0 Å². The molecule has 0 unspecified atom stereocenters. The number of allylic oxidation sites excluding steroid dienone is 1. The lowest BCUT2D eigenvalue weighted by Crippen LogP contribution is -2.03. The molecule has 0 amide bonds. The molecule has 1 aliphatic rings. The average Bonchev–Trinajstić information content (AvgIpc) is 2.61. The fourth-order valence-electron chi connectivity index (χ4n) is 1.68. The summed E-state index contributed by atoms with van der Waals surface area (Å²) in [6.07, 6.45) is 4.74. The largest absolute Gasteiger partial charge is 0.388 e. The number of benzene rings is 1. The zero-order valence-electron chi connectivity index (χ0n) is 8.01. The van der Waals surface area contributed by atoms with E-state index in [1.54, 1.807) is 0 Å². The normalized spacial score (nSPS) is 19.0. The summed E-state index contributed by atoms with van der Waals surface area (Å²) in [4.78, 5) is 0. The average molecular weight is 173 g/mol. The third-order valence-corrected chi connectivity index (χ3v) is 2.49. The molecule has 1 N–H and O–H groups in total. The van der Waals surface area contributed by atoms with Gasteiger partial charge >= 0.3 is 0 Å². The van der Waals surface area contributed by atoms with Gasteiger partial charge in [-0.1, -0.05) is 24.3 Å². The molecule has 0 radical (unpaired) electrons. The molecule has 1 aromatic carbocycles. The lowest BCUT2D eigenvalue weighted by Gasteiger charge is -2.01. The van der Waals surface area contributed by atoms with E-state index in [-0.39, 0.29) is 0 Å². The predicted octanol–water partition coefficient (Wildman–Crippen LogP) is 2.72. The van der Waals surface area contributed by atoms with E-state index in [1.807, 2.05) is 0 Å². The third kappa shape index (κ3) is 1.92. The SMILES string of the molecule is Cc1ccccc1C=C1CCCN1. The van der Waals surface area contributed by atoms with Crippen molar-refractivity contribution in [3.8, 4) is 0 Å². The smallest absolute Gasteiger partial charge is 0.0147 e. The molecule has 1 saturated heterocycles. The van der Waals surface area contributed by atoms with E-state index in [1.165, 1.54) is 29.7 Å². The maximum Gasteiger partial charge on any atom is 0.0147 e. The van der Waals surface area contributed by atoms with Gasteiger partial charge in [0, 0.05) is 12.2 Å². The van der Waals surface area contributed by atoms with Crippen LogP contribution in [-0.4, -0.2) is 6.54 Å². The highest BCUT2D eigenvalue weighted by Crippen LogP contribution is 2.16. The van der Waals surface area contributed by atoms with E-state index in [4.69, 9.17) is 0 Å². The maximum absolute atomic E-state index is 3.39. The van der Waals surface area contributed by atoms with Crippen molar-refractivity contribution in [2.75, 3.05) is 6.54 Å². The van der Waals surface area contributed by atoms with E-state index in [2.05, 4.69) is 42.6 Å². The van der Waals surface area contributed by atoms with Crippen molar-refractivity contribution in [1.29, 1.82) is 0 Å². The monoisotopic (exact) mass is 173 g/mol. The van der Waals surface area contributed by atoms with Gasteiger partial charge in [0.25, 0.3) is 0 Å². The Morgan fingerprint density at radius 1 is 1.31 bits per heavy atom. The first kappa shape index (κ1) is 8.36. The molecule has 0 aromatic heterocycles. The van der Waals surface area contributed by atoms with Crippen molar-refractivity contribution >= 4 is 6.08 Å². The minimum absolute atomic E-state index is 1.14. The van der Waals surface area contributed by atoms with Crippen molar-refractivity contribution in [3.05, 3.63) is 41.1 Å². The van der Waals surface area contributed by atoms with Crippen LogP contribution in [-0.2, 0) is 0 Å². The summed E-state index contributed by atoms with van der Waals surface area (Å²) in [5, 5.41) is 3.39. The number of aryl methyl sites for hydroxylation is 1. The zero-order valence-corrected chi connectivity index (χ0v) is 8.01. The Labute approximate surface area is 79.5 Å². The van der Waals surface area contributed by atoms with Crippen LogP contribution in [0.5, 0.6) is 0 Å². The van der Waals surface area contributed by atoms with Crippen LogP contribution >= 0.6 is 0 Å². The van der Waals surface area contributed by atoms with E-state index in [9.17, 15) is 0 Å². The van der Waals surface area contributed by atoms with Crippen LogP contribution in [0.4, 0.5) is 0 Å². The Kier molecular flexibility index (Phi) is 2.35. The Morgan fingerprint density at radius 2 is 2.15 bits per heavy atom. The minimum atomic E-state index is 1.14. The first-order valence-electron chi connectivity index (χ1n) is 4.86. The fourth-order valence-corrected chi connectivity index (χ4v) is 1.68. The summed E-state index contributed by atoms with van der Waals surface area (Å²) in [5.41, 5.74) is 4.07. The minimum Gasteiger partial charge on any atom is -0.388 e. The fraction of sp³-hybridized carbons (Fsp3) is 0.333. The van der Waals surface area contributed by atoms with Gasteiger partial charge in [-0.3, -0.25) is 0 Å². The third-order valence-electron chi connectivity index (χ3n) is 2.49. The molecule has 1 heteroatoms. The van der Waals surface area contributed by atoms with Gasteiger partial charge in [-0.2, -0.15) is 0 Å². The van der Waals surface area contributed by atoms with Crippen molar-refractivity contribution in [3.63, 3.8) is 0 Å². The Morgan fingerprint density at radius 3 is 2.85 bits per heavy atom.